The minimum atomic E-state index is -1.04. The number of aromatic hydroxyl groups is 1. The fourth-order valence-corrected chi connectivity index (χ4v) is 2.07. The Morgan fingerprint density at radius 3 is 2.42 bits per heavy atom. The molecule has 3 nitrogen and oxygen atoms in total. The zero-order valence-electron chi connectivity index (χ0n) is 10.7. The van der Waals surface area contributed by atoms with E-state index in [1.807, 2.05) is 12.1 Å². The van der Waals surface area contributed by atoms with Crippen LogP contribution in [0.2, 0.25) is 0 Å². The Labute approximate surface area is 112 Å². The Balaban J connectivity index is 2.24. The number of aliphatic hydroxyl groups is 1. The first-order valence-corrected chi connectivity index (χ1v) is 6.02. The predicted octanol–water partition coefficient (Wildman–Crippen LogP) is 2.71. The molecule has 2 N–H and O–H groups in total. The van der Waals surface area contributed by atoms with Crippen molar-refractivity contribution in [2.75, 3.05) is 0 Å². The van der Waals surface area contributed by atoms with E-state index in [1.54, 1.807) is 49.4 Å². The van der Waals surface area contributed by atoms with E-state index >= 15 is 0 Å². The van der Waals surface area contributed by atoms with Crippen LogP contribution in [0.5, 0.6) is 5.75 Å². The summed E-state index contributed by atoms with van der Waals surface area (Å²) in [4.78, 5) is 0. The molecule has 2 aromatic carbocycles. The van der Waals surface area contributed by atoms with Gasteiger partial charge in [-0.2, -0.15) is 5.26 Å². The van der Waals surface area contributed by atoms with E-state index in [9.17, 15) is 10.2 Å². The van der Waals surface area contributed by atoms with Crippen LogP contribution in [0.25, 0.3) is 0 Å². The molecule has 1 atom stereocenters. The zero-order valence-corrected chi connectivity index (χ0v) is 10.7. The summed E-state index contributed by atoms with van der Waals surface area (Å²) in [6.07, 6.45) is 0.396. The molecular weight excluding hydrogens is 238 g/mol. The molecule has 2 aromatic rings. The monoisotopic (exact) mass is 253 g/mol. The molecule has 3 heteroatoms. The van der Waals surface area contributed by atoms with Gasteiger partial charge in [-0.3, -0.25) is 0 Å². The summed E-state index contributed by atoms with van der Waals surface area (Å²) in [7, 11) is 0. The predicted molar refractivity (Wildman–Crippen MR) is 72.5 cm³/mol. The van der Waals surface area contributed by atoms with E-state index in [0.717, 1.165) is 11.1 Å². The minimum absolute atomic E-state index is 0.188. The van der Waals surface area contributed by atoms with Gasteiger partial charge in [0, 0.05) is 6.42 Å². The molecule has 19 heavy (non-hydrogen) atoms. The molecule has 1 unspecified atom stereocenters. The normalized spacial score (nSPS) is 13.5. The summed E-state index contributed by atoms with van der Waals surface area (Å²) in [5.41, 5.74) is 1.13. The molecule has 96 valence electrons. The van der Waals surface area contributed by atoms with E-state index in [-0.39, 0.29) is 5.75 Å². The van der Waals surface area contributed by atoms with Crippen LogP contribution in [0.4, 0.5) is 0 Å². The molecule has 0 aliphatic carbocycles. The number of nitriles is 1. The third-order valence-electron chi connectivity index (χ3n) is 3.09. The molecule has 0 radical (unpaired) electrons. The number of phenols is 1. The van der Waals surface area contributed by atoms with Gasteiger partial charge in [0.25, 0.3) is 0 Å². The van der Waals surface area contributed by atoms with Gasteiger partial charge in [0.1, 0.15) is 5.75 Å². The summed E-state index contributed by atoms with van der Waals surface area (Å²) in [6, 6.07) is 15.8. The Hall–Kier alpha value is -2.31. The van der Waals surface area contributed by atoms with E-state index in [1.165, 1.54) is 0 Å². The molecule has 0 saturated heterocycles. The molecule has 0 spiro atoms. The summed E-state index contributed by atoms with van der Waals surface area (Å²) in [6.45, 7) is 1.72. The molecule has 0 amide bonds. The van der Waals surface area contributed by atoms with Crippen LogP contribution in [0, 0.1) is 11.3 Å². The molecular formula is C16H15NO2. The Kier molecular flexibility index (Phi) is 3.55. The molecule has 2 rings (SSSR count). The van der Waals surface area contributed by atoms with Gasteiger partial charge >= 0.3 is 0 Å². The van der Waals surface area contributed by atoms with E-state index < -0.39 is 5.60 Å². The lowest BCUT2D eigenvalue weighted by atomic mass is 9.88. The summed E-state index contributed by atoms with van der Waals surface area (Å²) < 4.78 is 0. The van der Waals surface area contributed by atoms with Gasteiger partial charge in [-0.15, -0.1) is 0 Å². The average molecular weight is 253 g/mol. The summed E-state index contributed by atoms with van der Waals surface area (Å²) in [5, 5.41) is 28.7. The van der Waals surface area contributed by atoms with Crippen LogP contribution in [-0.2, 0) is 12.0 Å². The highest BCUT2D eigenvalue weighted by molar-refractivity contribution is 5.35. The number of benzene rings is 2. The first-order chi connectivity index (χ1) is 9.01. The Bertz CT molecular complexity index is 609. The lowest BCUT2D eigenvalue weighted by Crippen LogP contribution is -2.24. The van der Waals surface area contributed by atoms with Gasteiger partial charge in [0.15, 0.2) is 0 Å². The van der Waals surface area contributed by atoms with Crippen molar-refractivity contribution in [2.45, 2.75) is 18.9 Å². The summed E-state index contributed by atoms with van der Waals surface area (Å²) >= 11 is 0. The van der Waals surface area contributed by atoms with Crippen LogP contribution < -0.4 is 0 Å². The first kappa shape index (κ1) is 13.1. The summed E-state index contributed by atoms with van der Waals surface area (Å²) in [5.74, 6) is 0.188. The SMILES string of the molecule is CC(O)(Cc1cccc(O)c1)c1ccc(C#N)cc1. The van der Waals surface area contributed by atoms with Crippen molar-refractivity contribution < 1.29 is 10.2 Å². The molecule has 0 heterocycles. The molecule has 0 fully saturated rings. The minimum Gasteiger partial charge on any atom is -0.508 e. The van der Waals surface area contributed by atoms with Crippen LogP contribution in [-0.4, -0.2) is 10.2 Å². The van der Waals surface area contributed by atoms with E-state index in [0.29, 0.717) is 12.0 Å². The lowest BCUT2D eigenvalue weighted by Gasteiger charge is -2.24. The van der Waals surface area contributed by atoms with Gasteiger partial charge < -0.3 is 10.2 Å². The van der Waals surface area contributed by atoms with Gasteiger partial charge in [-0.25, -0.2) is 0 Å². The topological polar surface area (TPSA) is 64.2 Å². The standard InChI is InChI=1S/C16H15NO2/c1-16(19,10-13-3-2-4-15(18)9-13)14-7-5-12(11-17)6-8-14/h2-9,18-19H,10H2,1H3. The number of hydrogen-bond acceptors (Lipinski definition) is 3. The molecule has 0 bridgehead atoms. The number of hydrogen-bond donors (Lipinski definition) is 2. The first-order valence-electron chi connectivity index (χ1n) is 6.02. The molecule has 0 aliphatic heterocycles. The number of phenolic OH excluding ortho intramolecular Hbond substituents is 1. The van der Waals surface area contributed by atoms with Crippen LogP contribution in [0.1, 0.15) is 23.6 Å². The van der Waals surface area contributed by atoms with Gasteiger partial charge in [-0.05, 0) is 42.3 Å². The highest BCUT2D eigenvalue weighted by atomic mass is 16.3. The van der Waals surface area contributed by atoms with E-state index in [4.69, 9.17) is 5.26 Å². The van der Waals surface area contributed by atoms with Crippen LogP contribution >= 0.6 is 0 Å². The van der Waals surface area contributed by atoms with Crippen molar-refractivity contribution in [3.63, 3.8) is 0 Å². The second kappa shape index (κ2) is 5.13. The van der Waals surface area contributed by atoms with Crippen molar-refractivity contribution in [3.8, 4) is 11.8 Å². The largest absolute Gasteiger partial charge is 0.508 e. The van der Waals surface area contributed by atoms with Gasteiger partial charge in [0.2, 0.25) is 0 Å². The third kappa shape index (κ3) is 3.12. The smallest absolute Gasteiger partial charge is 0.115 e. The fourth-order valence-electron chi connectivity index (χ4n) is 2.07. The average Bonchev–Trinajstić information content (AvgIpc) is 2.38. The van der Waals surface area contributed by atoms with E-state index in [2.05, 4.69) is 0 Å². The maximum Gasteiger partial charge on any atom is 0.115 e. The molecule has 0 aromatic heterocycles. The highest BCUT2D eigenvalue weighted by Crippen LogP contribution is 2.26. The lowest BCUT2D eigenvalue weighted by molar-refractivity contribution is 0.0576. The van der Waals surface area contributed by atoms with Crippen molar-refractivity contribution in [1.29, 1.82) is 5.26 Å². The zero-order chi connectivity index (χ0) is 13.9. The van der Waals surface area contributed by atoms with Crippen LogP contribution in [0.15, 0.2) is 48.5 Å². The second-order valence-corrected chi connectivity index (χ2v) is 4.81. The van der Waals surface area contributed by atoms with Crippen molar-refractivity contribution in [2.24, 2.45) is 0 Å². The quantitative estimate of drug-likeness (QED) is 0.884. The van der Waals surface area contributed by atoms with Crippen molar-refractivity contribution in [3.05, 3.63) is 65.2 Å². The fraction of sp³-hybridized carbons (Fsp3) is 0.188. The maximum absolute atomic E-state index is 10.5. The number of rotatable bonds is 3. The van der Waals surface area contributed by atoms with Crippen molar-refractivity contribution >= 4 is 0 Å². The Morgan fingerprint density at radius 1 is 1.16 bits per heavy atom. The van der Waals surface area contributed by atoms with Crippen molar-refractivity contribution in [1.82, 2.24) is 0 Å². The second-order valence-electron chi connectivity index (χ2n) is 4.81. The third-order valence-corrected chi connectivity index (χ3v) is 3.09. The maximum atomic E-state index is 10.5. The molecule has 0 saturated carbocycles. The van der Waals surface area contributed by atoms with Gasteiger partial charge in [-0.1, -0.05) is 24.3 Å². The highest BCUT2D eigenvalue weighted by Gasteiger charge is 2.23. The molecule has 0 aliphatic rings. The van der Waals surface area contributed by atoms with Crippen LogP contribution in [0.3, 0.4) is 0 Å². The van der Waals surface area contributed by atoms with Gasteiger partial charge in [0.05, 0.1) is 17.2 Å². The Morgan fingerprint density at radius 2 is 1.84 bits per heavy atom. The number of nitrogens with zero attached hydrogens (tertiary/aromatic N) is 1.